The van der Waals surface area contributed by atoms with Crippen molar-refractivity contribution >= 4 is 21.9 Å². The van der Waals surface area contributed by atoms with Crippen molar-refractivity contribution < 1.29 is 4.42 Å². The summed E-state index contributed by atoms with van der Waals surface area (Å²) in [4.78, 5) is 15.3. The third-order valence-corrected chi connectivity index (χ3v) is 13.4. The lowest BCUT2D eigenvalue weighted by Crippen LogP contribution is -2.28. The minimum Gasteiger partial charge on any atom is -0.456 e. The van der Waals surface area contributed by atoms with E-state index < -0.39 is 0 Å². The van der Waals surface area contributed by atoms with Crippen LogP contribution in [0.5, 0.6) is 0 Å². The smallest absolute Gasteiger partial charge is 0.164 e. The highest BCUT2D eigenvalue weighted by molar-refractivity contribution is 6.06. The molecule has 10 aromatic rings. The average Bonchev–Trinajstić information content (AvgIpc) is 3.86. The molecule has 5 nitrogen and oxygen atoms in total. The Hall–Kier alpha value is -7.94. The predicted octanol–water partition coefficient (Wildman–Crippen LogP) is 14.9. The molecule has 0 radical (unpaired) electrons. The van der Waals surface area contributed by atoms with Gasteiger partial charge in [-0.2, -0.15) is 5.26 Å². The quantitative estimate of drug-likeness (QED) is 0.167. The molecule has 0 unspecified atom stereocenters. The highest BCUT2D eigenvalue weighted by Crippen LogP contribution is 2.58. The zero-order valence-electron chi connectivity index (χ0n) is 34.6. The molecule has 2 aliphatic rings. The summed E-state index contributed by atoms with van der Waals surface area (Å²) in [5, 5.41) is 12.0. The average molecular weight is 809 g/mol. The maximum Gasteiger partial charge on any atom is 0.164 e. The minimum atomic E-state index is 0.0150. The molecule has 0 bridgehead atoms. The van der Waals surface area contributed by atoms with Crippen LogP contribution in [0.2, 0.25) is 0 Å². The Kier molecular flexibility index (Phi) is 8.72. The monoisotopic (exact) mass is 808 g/mol. The number of nitriles is 1. The Labute approximate surface area is 366 Å². The molecule has 2 aliphatic carbocycles. The molecule has 12 rings (SSSR count). The second kappa shape index (κ2) is 14.9. The van der Waals surface area contributed by atoms with E-state index in [1.165, 1.54) is 52.6 Å². The lowest BCUT2D eigenvalue weighted by molar-refractivity contribution is 0.353. The standard InChI is InChI=1S/C58H40N4O/c59-36-37-19-29-50-49(33-37)54-46(16-10-17-51(54)58(50)31-7-2-8-32-58)44-14-9-13-43(34-44)40-22-26-42(27-23-40)56-60-55(41-24-20-39(21-25-41)38-11-3-1-4-12-38)61-57(62-56)45-28-30-53-48(35-45)47-15-5-6-18-52(47)63-53/h1,3-6,9-30,33-35H,2,7-8,31-32H2. The highest BCUT2D eigenvalue weighted by atomic mass is 16.3. The van der Waals surface area contributed by atoms with E-state index in [0.717, 1.165) is 73.7 Å². The summed E-state index contributed by atoms with van der Waals surface area (Å²) in [6, 6.07) is 66.1. The van der Waals surface area contributed by atoms with E-state index in [4.69, 9.17) is 19.4 Å². The van der Waals surface area contributed by atoms with Crippen molar-refractivity contribution in [3.8, 4) is 84.7 Å². The van der Waals surface area contributed by atoms with Crippen molar-refractivity contribution in [1.29, 1.82) is 5.26 Å². The Morgan fingerprint density at radius 1 is 0.413 bits per heavy atom. The fourth-order valence-corrected chi connectivity index (χ4v) is 10.3. The van der Waals surface area contributed by atoms with Crippen molar-refractivity contribution in [2.75, 3.05) is 0 Å². The second-order valence-electron chi connectivity index (χ2n) is 17.0. The molecular weight excluding hydrogens is 769 g/mol. The molecule has 1 fully saturated rings. The minimum absolute atomic E-state index is 0.0150. The van der Waals surface area contributed by atoms with Crippen molar-refractivity contribution in [2.45, 2.75) is 37.5 Å². The largest absolute Gasteiger partial charge is 0.456 e. The Morgan fingerprint density at radius 3 is 1.75 bits per heavy atom. The molecule has 1 spiro atoms. The van der Waals surface area contributed by atoms with E-state index >= 15 is 0 Å². The molecule has 8 aromatic carbocycles. The van der Waals surface area contributed by atoms with Crippen LogP contribution in [0.25, 0.3) is 101 Å². The number of rotatable bonds is 6. The first-order chi connectivity index (χ1) is 31.1. The maximum absolute atomic E-state index is 9.93. The molecule has 2 aromatic heterocycles. The van der Waals surface area contributed by atoms with Crippen molar-refractivity contribution in [3.05, 3.63) is 199 Å². The molecule has 0 saturated heterocycles. The van der Waals surface area contributed by atoms with E-state index in [1.807, 2.05) is 42.5 Å². The number of hydrogen-bond acceptors (Lipinski definition) is 5. The number of hydrogen-bond donors (Lipinski definition) is 0. The Bertz CT molecular complexity index is 3430. The van der Waals surface area contributed by atoms with Crippen LogP contribution in [0.15, 0.2) is 186 Å². The fraction of sp³-hybridized carbons (Fsp3) is 0.103. The van der Waals surface area contributed by atoms with E-state index in [0.29, 0.717) is 23.0 Å². The van der Waals surface area contributed by atoms with Crippen LogP contribution < -0.4 is 0 Å². The van der Waals surface area contributed by atoms with Gasteiger partial charge in [0.2, 0.25) is 0 Å². The first-order valence-electron chi connectivity index (χ1n) is 21.9. The normalized spacial score (nSPS) is 13.8. The zero-order chi connectivity index (χ0) is 41.9. The summed E-state index contributed by atoms with van der Waals surface area (Å²) in [5.41, 5.74) is 17.3. The topological polar surface area (TPSA) is 75.6 Å². The van der Waals surface area contributed by atoms with Gasteiger partial charge in [0, 0.05) is 32.9 Å². The third-order valence-electron chi connectivity index (χ3n) is 13.4. The summed E-state index contributed by atoms with van der Waals surface area (Å²) in [6.45, 7) is 0. The third kappa shape index (κ3) is 6.25. The van der Waals surface area contributed by atoms with E-state index in [9.17, 15) is 5.26 Å². The van der Waals surface area contributed by atoms with E-state index in [-0.39, 0.29) is 5.41 Å². The first-order valence-corrected chi connectivity index (χ1v) is 21.9. The molecule has 0 aliphatic heterocycles. The number of para-hydroxylation sites is 1. The lowest BCUT2D eigenvalue weighted by atomic mass is 9.67. The van der Waals surface area contributed by atoms with Gasteiger partial charge in [-0.3, -0.25) is 0 Å². The highest BCUT2D eigenvalue weighted by Gasteiger charge is 2.44. The molecular formula is C58H40N4O. The summed E-state index contributed by atoms with van der Waals surface area (Å²) in [6.07, 6.45) is 6.03. The van der Waals surface area contributed by atoms with Crippen molar-refractivity contribution in [2.24, 2.45) is 0 Å². The molecule has 0 amide bonds. The van der Waals surface area contributed by atoms with Crippen LogP contribution in [-0.4, -0.2) is 15.0 Å². The Balaban J connectivity index is 0.926. The zero-order valence-corrected chi connectivity index (χ0v) is 34.6. The summed E-state index contributed by atoms with van der Waals surface area (Å²) in [5.74, 6) is 1.81. The molecule has 0 N–H and O–H groups in total. The number of fused-ring (bicyclic) bond motifs is 8. The molecule has 5 heteroatoms. The van der Waals surface area contributed by atoms with Gasteiger partial charge in [0.05, 0.1) is 11.6 Å². The predicted molar refractivity (Wildman–Crippen MR) is 254 cm³/mol. The van der Waals surface area contributed by atoms with E-state index in [1.54, 1.807) is 0 Å². The number of aromatic nitrogens is 3. The van der Waals surface area contributed by atoms with Crippen molar-refractivity contribution in [3.63, 3.8) is 0 Å². The van der Waals surface area contributed by atoms with Gasteiger partial charge in [-0.05, 0) is 111 Å². The van der Waals surface area contributed by atoms with Gasteiger partial charge in [-0.1, -0.05) is 159 Å². The maximum atomic E-state index is 9.93. The van der Waals surface area contributed by atoms with Gasteiger partial charge in [-0.15, -0.1) is 0 Å². The molecule has 0 atom stereocenters. The molecule has 2 heterocycles. The fourth-order valence-electron chi connectivity index (χ4n) is 10.3. The second-order valence-corrected chi connectivity index (χ2v) is 17.0. The first kappa shape index (κ1) is 36.9. The van der Waals surface area contributed by atoms with Crippen LogP contribution in [-0.2, 0) is 5.41 Å². The van der Waals surface area contributed by atoms with Gasteiger partial charge < -0.3 is 4.42 Å². The Morgan fingerprint density at radius 2 is 1.00 bits per heavy atom. The summed E-state index contributed by atoms with van der Waals surface area (Å²) >= 11 is 0. The SMILES string of the molecule is N#Cc1ccc2c(c1)-c1c(-c3cccc(-c4ccc(-c5nc(-c6ccc(-c7ccccc7)cc6)nc(-c6ccc7oc8ccccc8c7c6)n5)cc4)c3)cccc1C21CCCCC1. The van der Waals surface area contributed by atoms with Gasteiger partial charge in [0.25, 0.3) is 0 Å². The molecule has 1 saturated carbocycles. The number of benzene rings is 8. The molecule has 63 heavy (non-hydrogen) atoms. The molecule has 298 valence electrons. The van der Waals surface area contributed by atoms with Gasteiger partial charge in [0.1, 0.15) is 11.2 Å². The number of furan rings is 1. The summed E-state index contributed by atoms with van der Waals surface area (Å²) < 4.78 is 6.16. The lowest BCUT2D eigenvalue weighted by Gasteiger charge is -2.36. The van der Waals surface area contributed by atoms with Gasteiger partial charge >= 0.3 is 0 Å². The van der Waals surface area contributed by atoms with E-state index in [2.05, 4.69) is 146 Å². The van der Waals surface area contributed by atoms with Gasteiger partial charge in [-0.25, -0.2) is 15.0 Å². The van der Waals surface area contributed by atoms with Crippen LogP contribution in [0.1, 0.15) is 48.8 Å². The van der Waals surface area contributed by atoms with Crippen molar-refractivity contribution in [1.82, 2.24) is 15.0 Å². The summed E-state index contributed by atoms with van der Waals surface area (Å²) in [7, 11) is 0. The van der Waals surface area contributed by atoms with Crippen LogP contribution in [0.3, 0.4) is 0 Å². The van der Waals surface area contributed by atoms with Crippen LogP contribution in [0, 0.1) is 11.3 Å². The van der Waals surface area contributed by atoms with Crippen LogP contribution in [0.4, 0.5) is 0 Å². The van der Waals surface area contributed by atoms with Gasteiger partial charge in [0.15, 0.2) is 17.5 Å². The number of nitrogens with zero attached hydrogens (tertiary/aromatic N) is 4. The van der Waals surface area contributed by atoms with Crippen LogP contribution >= 0.6 is 0 Å².